The van der Waals surface area contributed by atoms with Crippen LogP contribution in [0.5, 0.6) is 0 Å². The molecule has 1 aromatic heterocycles. The van der Waals surface area contributed by atoms with Gasteiger partial charge in [-0.1, -0.05) is 30.3 Å². The summed E-state index contributed by atoms with van der Waals surface area (Å²) in [5.74, 6) is 1.03. The fourth-order valence-electron chi connectivity index (χ4n) is 3.11. The first-order valence-corrected chi connectivity index (χ1v) is 9.38. The first-order chi connectivity index (χ1) is 11.7. The van der Waals surface area contributed by atoms with Crippen LogP contribution in [0.1, 0.15) is 29.7 Å². The molecule has 1 unspecified atom stereocenters. The maximum atomic E-state index is 12.1. The number of aryl methyl sites for hydroxylation is 1. The number of pyridine rings is 1. The number of benzene rings is 1. The fraction of sp³-hybridized carbons (Fsp3) is 0.368. The van der Waals surface area contributed by atoms with Gasteiger partial charge in [-0.25, -0.2) is 0 Å². The minimum absolute atomic E-state index is 0.0487. The Hall–Kier alpha value is -1.85. The first kappa shape index (κ1) is 17.0. The van der Waals surface area contributed by atoms with Crippen LogP contribution in [0, 0.1) is 0 Å². The SMILES string of the molecule is O=C(CSCc1ccccn1)NCC1(O)CCCc2ccccc21. The summed E-state index contributed by atoms with van der Waals surface area (Å²) in [5, 5.41) is 13.8. The van der Waals surface area contributed by atoms with Crippen LogP contribution >= 0.6 is 11.8 Å². The summed E-state index contributed by atoms with van der Waals surface area (Å²) in [6, 6.07) is 13.7. The highest BCUT2D eigenvalue weighted by Crippen LogP contribution is 2.34. The predicted molar refractivity (Wildman–Crippen MR) is 96.7 cm³/mol. The molecule has 0 aliphatic heterocycles. The normalized spacial score (nSPS) is 19.5. The zero-order valence-electron chi connectivity index (χ0n) is 13.6. The Balaban J connectivity index is 1.49. The van der Waals surface area contributed by atoms with Crippen molar-refractivity contribution in [3.63, 3.8) is 0 Å². The number of nitrogens with one attached hydrogen (secondary N) is 1. The largest absolute Gasteiger partial charge is 0.383 e. The highest BCUT2D eigenvalue weighted by atomic mass is 32.2. The summed E-state index contributed by atoms with van der Waals surface area (Å²) in [6.07, 6.45) is 4.38. The van der Waals surface area contributed by atoms with Crippen LogP contribution in [0.15, 0.2) is 48.7 Å². The van der Waals surface area contributed by atoms with E-state index in [9.17, 15) is 9.90 Å². The van der Waals surface area contributed by atoms with E-state index in [2.05, 4.69) is 16.4 Å². The van der Waals surface area contributed by atoms with Gasteiger partial charge < -0.3 is 10.4 Å². The molecular formula is C19H22N2O2S. The Labute approximate surface area is 146 Å². The maximum Gasteiger partial charge on any atom is 0.230 e. The second kappa shape index (κ2) is 7.81. The Kier molecular flexibility index (Phi) is 5.53. The van der Waals surface area contributed by atoms with Crippen LogP contribution in [0.4, 0.5) is 0 Å². The van der Waals surface area contributed by atoms with E-state index >= 15 is 0 Å². The van der Waals surface area contributed by atoms with Crippen molar-refractivity contribution in [2.45, 2.75) is 30.6 Å². The molecule has 0 radical (unpaired) electrons. The number of aromatic nitrogens is 1. The van der Waals surface area contributed by atoms with Crippen molar-refractivity contribution in [1.29, 1.82) is 0 Å². The van der Waals surface area contributed by atoms with Gasteiger partial charge in [-0.05, 0) is 42.5 Å². The summed E-state index contributed by atoms with van der Waals surface area (Å²) >= 11 is 1.53. The number of amides is 1. The Morgan fingerprint density at radius 2 is 2.08 bits per heavy atom. The van der Waals surface area contributed by atoms with E-state index in [1.807, 2.05) is 36.4 Å². The van der Waals surface area contributed by atoms with Crippen molar-refractivity contribution in [2.75, 3.05) is 12.3 Å². The molecule has 24 heavy (non-hydrogen) atoms. The Bertz CT molecular complexity index is 693. The van der Waals surface area contributed by atoms with Crippen LogP contribution in [0.25, 0.3) is 0 Å². The third-order valence-electron chi connectivity index (χ3n) is 4.34. The number of aliphatic hydroxyl groups is 1. The molecule has 0 spiro atoms. The van der Waals surface area contributed by atoms with Crippen molar-refractivity contribution >= 4 is 17.7 Å². The summed E-state index contributed by atoms with van der Waals surface area (Å²) in [7, 11) is 0. The summed E-state index contributed by atoms with van der Waals surface area (Å²) in [4.78, 5) is 16.3. The van der Waals surface area contributed by atoms with Gasteiger partial charge in [0, 0.05) is 11.9 Å². The monoisotopic (exact) mass is 342 g/mol. The molecular weight excluding hydrogens is 320 g/mol. The standard InChI is InChI=1S/C19H22N2O2S/c22-18(13-24-12-16-8-3-4-11-20-16)21-14-19(23)10-5-7-15-6-1-2-9-17(15)19/h1-4,6,8-9,11,23H,5,7,10,12-14H2,(H,21,22). The fourth-order valence-corrected chi connectivity index (χ4v) is 3.88. The van der Waals surface area contributed by atoms with Crippen LogP contribution in [-0.2, 0) is 22.6 Å². The average Bonchev–Trinajstić information content (AvgIpc) is 2.62. The van der Waals surface area contributed by atoms with Gasteiger partial charge in [-0.15, -0.1) is 11.8 Å². The van der Waals surface area contributed by atoms with Crippen LogP contribution in [-0.4, -0.2) is 28.3 Å². The lowest BCUT2D eigenvalue weighted by Crippen LogP contribution is -2.43. The molecule has 4 nitrogen and oxygen atoms in total. The molecule has 1 amide bonds. The number of carbonyl (C=O) groups is 1. The van der Waals surface area contributed by atoms with Crippen molar-refractivity contribution < 1.29 is 9.90 Å². The number of thioether (sulfide) groups is 1. The molecule has 0 saturated carbocycles. The highest BCUT2D eigenvalue weighted by molar-refractivity contribution is 7.99. The molecule has 0 fully saturated rings. The molecule has 2 aromatic rings. The van der Waals surface area contributed by atoms with Crippen molar-refractivity contribution in [3.05, 3.63) is 65.5 Å². The molecule has 0 bridgehead atoms. The summed E-state index contributed by atoms with van der Waals surface area (Å²) in [6.45, 7) is 0.271. The number of carbonyl (C=O) groups excluding carboxylic acids is 1. The maximum absolute atomic E-state index is 12.1. The zero-order valence-corrected chi connectivity index (χ0v) is 14.4. The van der Waals surface area contributed by atoms with Gasteiger partial charge in [0.15, 0.2) is 0 Å². The van der Waals surface area contributed by atoms with E-state index < -0.39 is 5.60 Å². The summed E-state index contributed by atoms with van der Waals surface area (Å²) < 4.78 is 0. The number of rotatable bonds is 6. The number of nitrogens with zero attached hydrogens (tertiary/aromatic N) is 1. The third-order valence-corrected chi connectivity index (χ3v) is 5.31. The molecule has 1 aromatic carbocycles. The molecule has 0 saturated heterocycles. The molecule has 3 rings (SSSR count). The minimum atomic E-state index is -0.948. The Morgan fingerprint density at radius 1 is 1.25 bits per heavy atom. The minimum Gasteiger partial charge on any atom is -0.383 e. The van der Waals surface area contributed by atoms with E-state index in [1.165, 1.54) is 17.3 Å². The molecule has 1 aliphatic rings. The lowest BCUT2D eigenvalue weighted by Gasteiger charge is -2.34. The van der Waals surface area contributed by atoms with Gasteiger partial charge in [-0.3, -0.25) is 9.78 Å². The zero-order chi connectivity index (χ0) is 16.8. The lowest BCUT2D eigenvalue weighted by molar-refractivity contribution is -0.120. The third kappa shape index (κ3) is 4.16. The van der Waals surface area contributed by atoms with E-state index in [4.69, 9.17) is 0 Å². The molecule has 5 heteroatoms. The second-order valence-corrected chi connectivity index (χ2v) is 7.12. The number of hydrogen-bond acceptors (Lipinski definition) is 4. The van der Waals surface area contributed by atoms with Gasteiger partial charge in [0.25, 0.3) is 0 Å². The second-order valence-electron chi connectivity index (χ2n) is 6.13. The predicted octanol–water partition coefficient (Wildman–Crippen LogP) is 2.66. The molecule has 2 N–H and O–H groups in total. The van der Waals surface area contributed by atoms with Gasteiger partial charge in [-0.2, -0.15) is 0 Å². The van der Waals surface area contributed by atoms with Gasteiger partial charge in [0.2, 0.25) is 5.91 Å². The molecule has 1 heterocycles. The lowest BCUT2D eigenvalue weighted by atomic mass is 9.79. The highest BCUT2D eigenvalue weighted by Gasteiger charge is 2.34. The van der Waals surface area contributed by atoms with Gasteiger partial charge in [0.05, 0.1) is 18.0 Å². The van der Waals surface area contributed by atoms with Crippen LogP contribution in [0.3, 0.4) is 0 Å². The van der Waals surface area contributed by atoms with E-state index in [0.29, 0.717) is 17.9 Å². The molecule has 1 atom stereocenters. The van der Waals surface area contributed by atoms with Crippen LogP contribution < -0.4 is 5.32 Å². The molecule has 126 valence electrons. The van der Waals surface area contributed by atoms with E-state index in [0.717, 1.165) is 24.1 Å². The van der Waals surface area contributed by atoms with E-state index in [-0.39, 0.29) is 12.5 Å². The quantitative estimate of drug-likeness (QED) is 0.847. The number of fused-ring (bicyclic) bond motifs is 1. The Morgan fingerprint density at radius 3 is 2.92 bits per heavy atom. The topological polar surface area (TPSA) is 62.2 Å². The van der Waals surface area contributed by atoms with Crippen molar-refractivity contribution in [3.8, 4) is 0 Å². The van der Waals surface area contributed by atoms with Crippen molar-refractivity contribution in [2.24, 2.45) is 0 Å². The van der Waals surface area contributed by atoms with Gasteiger partial charge >= 0.3 is 0 Å². The van der Waals surface area contributed by atoms with E-state index in [1.54, 1.807) is 6.20 Å². The smallest absolute Gasteiger partial charge is 0.230 e. The van der Waals surface area contributed by atoms with Crippen LogP contribution in [0.2, 0.25) is 0 Å². The number of hydrogen-bond donors (Lipinski definition) is 2. The molecule has 1 aliphatic carbocycles. The first-order valence-electron chi connectivity index (χ1n) is 8.22. The van der Waals surface area contributed by atoms with Crippen molar-refractivity contribution in [1.82, 2.24) is 10.3 Å². The van der Waals surface area contributed by atoms with Gasteiger partial charge in [0.1, 0.15) is 5.60 Å². The summed E-state index contributed by atoms with van der Waals surface area (Å²) in [5.41, 5.74) is 2.16. The average molecular weight is 342 g/mol.